The first-order valence-corrected chi connectivity index (χ1v) is 7.32. The van der Waals surface area contributed by atoms with E-state index in [1.54, 1.807) is 6.07 Å². The first-order valence-electron chi connectivity index (χ1n) is 7.32. The van der Waals surface area contributed by atoms with E-state index in [0.717, 1.165) is 12.1 Å². The number of non-ortho nitro benzene ring substituents is 1. The highest BCUT2D eigenvalue weighted by Gasteiger charge is 2.31. The first kappa shape index (κ1) is 19.0. The molecule has 0 unspecified atom stereocenters. The van der Waals surface area contributed by atoms with Gasteiger partial charge in [0, 0.05) is 23.5 Å². The monoisotopic (exact) mass is 369 g/mol. The van der Waals surface area contributed by atoms with Crippen molar-refractivity contribution in [1.82, 2.24) is 0 Å². The molecule has 0 saturated carbocycles. The third kappa shape index (κ3) is 5.65. The Morgan fingerprint density at radius 3 is 2.38 bits per heavy atom. The Kier molecular flexibility index (Phi) is 5.65. The number of rotatable bonds is 6. The van der Waals surface area contributed by atoms with Gasteiger partial charge in [0.15, 0.2) is 0 Å². The minimum Gasteiger partial charge on any atom is -0.406 e. The Morgan fingerprint density at radius 2 is 1.81 bits per heavy atom. The fraction of sp³-hybridized carbons (Fsp3) is 0.188. The standard InChI is InChI=1S/C16H14F3N3O4/c1-10(20-12-3-2-4-13(9-12)22(24)25)15(23)21-11-5-7-14(8-6-11)26-16(17,18)19/h2-10,20H,1H3,(H,21,23)/t10-/m0/s1. The van der Waals surface area contributed by atoms with Crippen molar-refractivity contribution in [3.63, 3.8) is 0 Å². The van der Waals surface area contributed by atoms with Gasteiger partial charge in [0.05, 0.1) is 4.92 Å². The number of alkyl halides is 3. The molecule has 2 rings (SSSR count). The highest BCUT2D eigenvalue weighted by molar-refractivity contribution is 5.96. The average molecular weight is 369 g/mol. The van der Waals surface area contributed by atoms with Crippen LogP contribution in [0.1, 0.15) is 6.92 Å². The molecule has 0 bridgehead atoms. The van der Waals surface area contributed by atoms with Gasteiger partial charge in [0.1, 0.15) is 11.8 Å². The fourth-order valence-electron chi connectivity index (χ4n) is 2.02. The van der Waals surface area contributed by atoms with Crippen LogP contribution in [0.2, 0.25) is 0 Å². The smallest absolute Gasteiger partial charge is 0.406 e. The quantitative estimate of drug-likeness (QED) is 0.594. The molecule has 0 saturated heterocycles. The summed E-state index contributed by atoms with van der Waals surface area (Å²) in [6.45, 7) is 1.54. The lowest BCUT2D eigenvalue weighted by Crippen LogP contribution is -2.31. The molecule has 26 heavy (non-hydrogen) atoms. The molecule has 0 fully saturated rings. The molecule has 7 nitrogen and oxygen atoms in total. The van der Waals surface area contributed by atoms with Gasteiger partial charge in [-0.05, 0) is 37.3 Å². The van der Waals surface area contributed by atoms with Crippen molar-refractivity contribution in [2.75, 3.05) is 10.6 Å². The lowest BCUT2D eigenvalue weighted by molar-refractivity contribution is -0.384. The zero-order valence-corrected chi connectivity index (χ0v) is 13.4. The second-order valence-electron chi connectivity index (χ2n) is 5.23. The SMILES string of the molecule is C[C@H](Nc1cccc([N+](=O)[O-])c1)C(=O)Nc1ccc(OC(F)(F)F)cc1. The van der Waals surface area contributed by atoms with Crippen LogP contribution in [0.15, 0.2) is 48.5 Å². The summed E-state index contributed by atoms with van der Waals surface area (Å²) in [7, 11) is 0. The Hall–Kier alpha value is -3.30. The molecule has 0 aliphatic carbocycles. The zero-order valence-electron chi connectivity index (χ0n) is 13.4. The van der Waals surface area contributed by atoms with Gasteiger partial charge in [0.2, 0.25) is 5.91 Å². The van der Waals surface area contributed by atoms with Gasteiger partial charge in [0.25, 0.3) is 5.69 Å². The van der Waals surface area contributed by atoms with E-state index in [2.05, 4.69) is 15.4 Å². The predicted octanol–water partition coefficient (Wildman–Crippen LogP) is 3.93. The number of anilines is 2. The Balaban J connectivity index is 1.96. The number of nitro benzene ring substituents is 1. The molecule has 0 radical (unpaired) electrons. The summed E-state index contributed by atoms with van der Waals surface area (Å²) < 4.78 is 40.0. The molecule has 10 heteroatoms. The summed E-state index contributed by atoms with van der Waals surface area (Å²) in [5.41, 5.74) is 0.538. The van der Waals surface area contributed by atoms with Gasteiger partial charge in [-0.15, -0.1) is 13.2 Å². The number of carbonyl (C=O) groups excluding carboxylic acids is 1. The maximum absolute atomic E-state index is 12.1. The number of nitrogens with zero attached hydrogens (tertiary/aromatic N) is 1. The minimum absolute atomic E-state index is 0.122. The number of hydrogen-bond acceptors (Lipinski definition) is 5. The van der Waals surface area contributed by atoms with E-state index < -0.39 is 29.0 Å². The van der Waals surface area contributed by atoms with Gasteiger partial charge >= 0.3 is 6.36 Å². The largest absolute Gasteiger partial charge is 0.573 e. The maximum atomic E-state index is 12.1. The van der Waals surface area contributed by atoms with Crippen LogP contribution in [-0.4, -0.2) is 23.2 Å². The highest BCUT2D eigenvalue weighted by atomic mass is 19.4. The molecule has 2 aromatic carbocycles. The molecule has 2 aromatic rings. The van der Waals surface area contributed by atoms with Crippen LogP contribution in [0.5, 0.6) is 5.75 Å². The zero-order chi connectivity index (χ0) is 19.3. The number of nitro groups is 1. The van der Waals surface area contributed by atoms with Gasteiger partial charge in [-0.1, -0.05) is 6.07 Å². The molecule has 0 aliphatic rings. The van der Waals surface area contributed by atoms with E-state index in [1.165, 1.54) is 37.3 Å². The van der Waals surface area contributed by atoms with Gasteiger partial charge in [-0.25, -0.2) is 0 Å². The second kappa shape index (κ2) is 7.72. The number of hydrogen-bond donors (Lipinski definition) is 2. The van der Waals surface area contributed by atoms with E-state index >= 15 is 0 Å². The summed E-state index contributed by atoms with van der Waals surface area (Å²) in [5, 5.41) is 16.1. The van der Waals surface area contributed by atoms with Crippen molar-refractivity contribution in [2.45, 2.75) is 19.3 Å². The van der Waals surface area contributed by atoms with E-state index in [-0.39, 0.29) is 11.4 Å². The third-order valence-corrected chi connectivity index (χ3v) is 3.19. The van der Waals surface area contributed by atoms with Gasteiger partial charge in [-0.3, -0.25) is 14.9 Å². The lowest BCUT2D eigenvalue weighted by atomic mass is 10.2. The van der Waals surface area contributed by atoms with Crippen LogP contribution in [0.25, 0.3) is 0 Å². The van der Waals surface area contributed by atoms with Crippen molar-refractivity contribution in [3.8, 4) is 5.75 Å². The summed E-state index contributed by atoms with van der Waals surface area (Å²) in [6, 6.07) is 9.57. The first-order chi connectivity index (χ1) is 12.1. The minimum atomic E-state index is -4.79. The number of ether oxygens (including phenoxy) is 1. The Labute approximate surface area is 145 Å². The van der Waals surface area contributed by atoms with E-state index in [1.807, 2.05) is 0 Å². The number of nitrogens with one attached hydrogen (secondary N) is 2. The fourth-order valence-corrected chi connectivity index (χ4v) is 2.02. The molecule has 1 atom stereocenters. The van der Waals surface area contributed by atoms with Crippen molar-refractivity contribution < 1.29 is 27.6 Å². The second-order valence-corrected chi connectivity index (χ2v) is 5.23. The van der Waals surface area contributed by atoms with Crippen LogP contribution in [0, 0.1) is 10.1 Å². The Bertz CT molecular complexity index is 794. The number of halogens is 3. The van der Waals surface area contributed by atoms with Gasteiger partial charge in [-0.2, -0.15) is 0 Å². The molecule has 0 spiro atoms. The Morgan fingerprint density at radius 1 is 1.15 bits per heavy atom. The van der Waals surface area contributed by atoms with Crippen molar-refractivity contribution in [1.29, 1.82) is 0 Å². The van der Waals surface area contributed by atoms with Crippen LogP contribution < -0.4 is 15.4 Å². The normalized spacial score (nSPS) is 12.2. The molecule has 0 aliphatic heterocycles. The van der Waals surface area contributed by atoms with Gasteiger partial charge < -0.3 is 15.4 Å². The van der Waals surface area contributed by atoms with Crippen LogP contribution in [-0.2, 0) is 4.79 Å². The predicted molar refractivity (Wildman–Crippen MR) is 87.9 cm³/mol. The molecule has 138 valence electrons. The van der Waals surface area contributed by atoms with Crippen LogP contribution in [0.3, 0.4) is 0 Å². The topological polar surface area (TPSA) is 93.5 Å². The summed E-state index contributed by atoms with van der Waals surface area (Å²) in [5.74, 6) is -0.876. The highest BCUT2D eigenvalue weighted by Crippen LogP contribution is 2.24. The summed E-state index contributed by atoms with van der Waals surface area (Å²) >= 11 is 0. The molecular formula is C16H14F3N3O4. The van der Waals surface area contributed by atoms with Crippen molar-refractivity contribution in [3.05, 3.63) is 58.6 Å². The number of benzene rings is 2. The van der Waals surface area contributed by atoms with Crippen molar-refractivity contribution >= 4 is 23.0 Å². The molecule has 0 aromatic heterocycles. The number of carbonyl (C=O) groups is 1. The van der Waals surface area contributed by atoms with E-state index in [0.29, 0.717) is 5.69 Å². The summed E-state index contributed by atoms with van der Waals surface area (Å²) in [6.07, 6.45) is -4.79. The van der Waals surface area contributed by atoms with Crippen LogP contribution >= 0.6 is 0 Å². The van der Waals surface area contributed by atoms with Crippen molar-refractivity contribution in [2.24, 2.45) is 0 Å². The number of amides is 1. The molecule has 1 amide bonds. The molecule has 0 heterocycles. The van der Waals surface area contributed by atoms with E-state index in [4.69, 9.17) is 0 Å². The lowest BCUT2D eigenvalue weighted by Gasteiger charge is -2.15. The maximum Gasteiger partial charge on any atom is 0.573 e. The van der Waals surface area contributed by atoms with E-state index in [9.17, 15) is 28.1 Å². The average Bonchev–Trinajstić information content (AvgIpc) is 2.55. The summed E-state index contributed by atoms with van der Waals surface area (Å²) in [4.78, 5) is 22.3. The molecular weight excluding hydrogens is 355 g/mol. The van der Waals surface area contributed by atoms with Crippen LogP contribution in [0.4, 0.5) is 30.2 Å². The molecule has 2 N–H and O–H groups in total. The third-order valence-electron chi connectivity index (χ3n) is 3.19.